The summed E-state index contributed by atoms with van der Waals surface area (Å²) in [4.78, 5) is 0. The molecule has 5 heteroatoms. The van der Waals surface area contributed by atoms with Crippen molar-refractivity contribution in [2.45, 2.75) is 25.2 Å². The van der Waals surface area contributed by atoms with E-state index in [4.69, 9.17) is 18.9 Å². The summed E-state index contributed by atoms with van der Waals surface area (Å²) in [5, 5.41) is 9.71. The van der Waals surface area contributed by atoms with Crippen molar-refractivity contribution in [3.8, 4) is 17.2 Å². The van der Waals surface area contributed by atoms with Gasteiger partial charge in [-0.15, -0.1) is 0 Å². The van der Waals surface area contributed by atoms with E-state index >= 15 is 0 Å². The highest BCUT2D eigenvalue weighted by Crippen LogP contribution is 2.43. The molecule has 128 valence electrons. The molecule has 2 atom stereocenters. The molecule has 3 rings (SSSR count). The second kappa shape index (κ2) is 6.71. The number of methoxy groups -OCH3 is 2. The molecule has 2 aromatic rings. The topological polar surface area (TPSA) is 57.2 Å². The summed E-state index contributed by atoms with van der Waals surface area (Å²) in [5.41, 5.74) is 1.75. The summed E-state index contributed by atoms with van der Waals surface area (Å²) in [7, 11) is 3.27. The predicted octanol–water partition coefficient (Wildman–Crippen LogP) is 3.24. The van der Waals surface area contributed by atoms with E-state index in [0.717, 1.165) is 16.9 Å². The molecule has 0 radical (unpaired) electrons. The van der Waals surface area contributed by atoms with Gasteiger partial charge in [-0.1, -0.05) is 0 Å². The van der Waals surface area contributed by atoms with E-state index in [1.807, 2.05) is 31.2 Å². The zero-order chi connectivity index (χ0) is 17.2. The Labute approximate surface area is 141 Å². The van der Waals surface area contributed by atoms with Crippen molar-refractivity contribution in [2.24, 2.45) is 0 Å². The number of hydrogen-bond acceptors (Lipinski definition) is 5. The van der Waals surface area contributed by atoms with Crippen molar-refractivity contribution < 1.29 is 24.1 Å². The lowest BCUT2D eigenvalue weighted by Gasteiger charge is -2.43. The average molecular weight is 330 g/mol. The van der Waals surface area contributed by atoms with Crippen LogP contribution in [0.15, 0.2) is 42.5 Å². The zero-order valence-electron chi connectivity index (χ0n) is 14.1. The minimum atomic E-state index is -1.04. The Morgan fingerprint density at radius 1 is 1.17 bits per heavy atom. The minimum Gasteiger partial charge on any atom is -0.508 e. The van der Waals surface area contributed by atoms with E-state index in [-0.39, 0.29) is 11.9 Å². The largest absolute Gasteiger partial charge is 0.508 e. The Morgan fingerprint density at radius 3 is 2.54 bits per heavy atom. The van der Waals surface area contributed by atoms with Gasteiger partial charge in [0.1, 0.15) is 23.4 Å². The highest BCUT2D eigenvalue weighted by molar-refractivity contribution is 5.44. The quantitative estimate of drug-likeness (QED) is 0.912. The van der Waals surface area contributed by atoms with Gasteiger partial charge in [0.05, 0.1) is 7.11 Å². The number of fused-ring (bicyclic) bond motifs is 1. The average Bonchev–Trinajstić information content (AvgIpc) is 2.61. The van der Waals surface area contributed by atoms with Crippen molar-refractivity contribution in [1.82, 2.24) is 0 Å². The van der Waals surface area contributed by atoms with Crippen LogP contribution < -0.4 is 9.47 Å². The molecule has 24 heavy (non-hydrogen) atoms. The van der Waals surface area contributed by atoms with E-state index in [1.54, 1.807) is 32.4 Å². The molecule has 0 aromatic heterocycles. The molecule has 1 heterocycles. The molecular formula is C19H22O5. The maximum Gasteiger partial charge on any atom is 0.264 e. The highest BCUT2D eigenvalue weighted by Gasteiger charge is 2.48. The van der Waals surface area contributed by atoms with Gasteiger partial charge < -0.3 is 24.1 Å². The van der Waals surface area contributed by atoms with Crippen molar-refractivity contribution in [3.05, 3.63) is 53.6 Å². The van der Waals surface area contributed by atoms with E-state index in [9.17, 15) is 5.11 Å². The lowest BCUT2D eigenvalue weighted by atomic mass is 9.91. The number of ether oxygens (including phenoxy) is 4. The van der Waals surface area contributed by atoms with Gasteiger partial charge in [-0.05, 0) is 49.4 Å². The Hall–Kier alpha value is -2.24. The molecule has 1 aliphatic rings. The molecule has 0 fully saturated rings. The number of rotatable bonds is 5. The lowest BCUT2D eigenvalue weighted by Crippen LogP contribution is -2.51. The molecule has 0 saturated carbocycles. The maximum absolute atomic E-state index is 9.71. The van der Waals surface area contributed by atoms with Crippen molar-refractivity contribution >= 4 is 0 Å². The number of phenols is 1. The van der Waals surface area contributed by atoms with Crippen LogP contribution in [0.25, 0.3) is 0 Å². The highest BCUT2D eigenvalue weighted by atomic mass is 16.7. The number of aromatic hydroxyl groups is 1. The normalized spacial score (nSPS) is 22.5. The van der Waals surface area contributed by atoms with Crippen LogP contribution in [0, 0.1) is 0 Å². The first-order valence-corrected chi connectivity index (χ1v) is 7.95. The first-order valence-electron chi connectivity index (χ1n) is 7.95. The van der Waals surface area contributed by atoms with E-state index in [1.165, 1.54) is 0 Å². The second-order valence-corrected chi connectivity index (χ2v) is 5.65. The first kappa shape index (κ1) is 16.6. The van der Waals surface area contributed by atoms with Gasteiger partial charge in [0.15, 0.2) is 0 Å². The van der Waals surface area contributed by atoms with Crippen molar-refractivity contribution in [1.29, 1.82) is 0 Å². The van der Waals surface area contributed by atoms with Gasteiger partial charge in [0.2, 0.25) is 0 Å². The molecule has 0 aliphatic carbocycles. The minimum absolute atomic E-state index is 0.209. The van der Waals surface area contributed by atoms with Crippen LogP contribution in [0.5, 0.6) is 17.2 Å². The fraction of sp³-hybridized carbons (Fsp3) is 0.368. The fourth-order valence-electron chi connectivity index (χ4n) is 3.11. The summed E-state index contributed by atoms with van der Waals surface area (Å²) < 4.78 is 23.3. The monoisotopic (exact) mass is 330 g/mol. The standard InChI is InChI=1S/C19H22O5/c1-4-23-19(14-5-8-16(21-2)9-6-14)18(22-3)12-13-11-15(20)7-10-17(13)24-19/h5-11,18,20H,4,12H2,1-3H3. The van der Waals surface area contributed by atoms with Crippen molar-refractivity contribution in [2.75, 3.05) is 20.8 Å². The van der Waals surface area contributed by atoms with Crippen molar-refractivity contribution in [3.63, 3.8) is 0 Å². The Bertz CT molecular complexity index is 697. The van der Waals surface area contributed by atoms with Gasteiger partial charge in [-0.2, -0.15) is 0 Å². The fourth-order valence-corrected chi connectivity index (χ4v) is 3.11. The summed E-state index contributed by atoms with van der Waals surface area (Å²) in [6, 6.07) is 12.7. The molecule has 2 aromatic carbocycles. The van der Waals surface area contributed by atoms with Crippen LogP contribution in [0.1, 0.15) is 18.1 Å². The molecule has 0 spiro atoms. The lowest BCUT2D eigenvalue weighted by molar-refractivity contribution is -0.259. The predicted molar refractivity (Wildman–Crippen MR) is 89.5 cm³/mol. The molecule has 0 bridgehead atoms. The third kappa shape index (κ3) is 2.81. The Balaban J connectivity index is 2.07. The van der Waals surface area contributed by atoms with Crippen LogP contribution in [0.4, 0.5) is 0 Å². The third-order valence-corrected chi connectivity index (χ3v) is 4.27. The van der Waals surface area contributed by atoms with E-state index in [0.29, 0.717) is 18.8 Å². The van der Waals surface area contributed by atoms with Gasteiger partial charge in [-0.25, -0.2) is 0 Å². The third-order valence-electron chi connectivity index (χ3n) is 4.27. The first-order chi connectivity index (χ1) is 11.6. The zero-order valence-corrected chi connectivity index (χ0v) is 14.1. The SMILES string of the molecule is CCOC1(c2ccc(OC)cc2)Oc2ccc(O)cc2CC1OC. The Kier molecular flexibility index (Phi) is 4.64. The summed E-state index contributed by atoms with van der Waals surface area (Å²) >= 11 is 0. The van der Waals surface area contributed by atoms with Crippen LogP contribution in [0.2, 0.25) is 0 Å². The molecule has 0 amide bonds. The van der Waals surface area contributed by atoms with Crippen LogP contribution in [0.3, 0.4) is 0 Å². The molecular weight excluding hydrogens is 308 g/mol. The molecule has 0 saturated heterocycles. The summed E-state index contributed by atoms with van der Waals surface area (Å²) in [6.45, 7) is 2.40. The van der Waals surface area contributed by atoms with Gasteiger partial charge >= 0.3 is 0 Å². The molecule has 1 aliphatic heterocycles. The summed E-state index contributed by atoms with van der Waals surface area (Å²) in [6.07, 6.45) is 0.229. The van der Waals surface area contributed by atoms with Gasteiger partial charge in [0, 0.05) is 31.3 Å². The smallest absolute Gasteiger partial charge is 0.264 e. The molecule has 1 N–H and O–H groups in total. The second-order valence-electron chi connectivity index (χ2n) is 5.65. The van der Waals surface area contributed by atoms with Gasteiger partial charge in [0.25, 0.3) is 5.79 Å². The molecule has 5 nitrogen and oxygen atoms in total. The Morgan fingerprint density at radius 2 is 1.92 bits per heavy atom. The number of phenolic OH excluding ortho intramolecular Hbond substituents is 1. The van der Waals surface area contributed by atoms with E-state index in [2.05, 4.69) is 0 Å². The van der Waals surface area contributed by atoms with E-state index < -0.39 is 5.79 Å². The number of hydrogen-bond donors (Lipinski definition) is 1. The maximum atomic E-state index is 9.71. The molecule has 2 unspecified atom stereocenters. The van der Waals surface area contributed by atoms with Crippen LogP contribution in [-0.2, 0) is 21.7 Å². The number of benzene rings is 2. The van der Waals surface area contributed by atoms with Crippen LogP contribution >= 0.6 is 0 Å². The van der Waals surface area contributed by atoms with Gasteiger partial charge in [-0.3, -0.25) is 0 Å². The van der Waals surface area contributed by atoms with Crippen LogP contribution in [-0.4, -0.2) is 32.0 Å². The summed E-state index contributed by atoms with van der Waals surface area (Å²) in [5.74, 6) is 0.617.